The number of hydrogen-bond acceptors (Lipinski definition) is 0. The van der Waals surface area contributed by atoms with Crippen molar-refractivity contribution < 1.29 is 17.7 Å². The highest BCUT2D eigenvalue weighted by Crippen LogP contribution is 2.34. The topological polar surface area (TPSA) is 3.88 Å². The van der Waals surface area contributed by atoms with E-state index in [2.05, 4.69) is 0 Å². The van der Waals surface area contributed by atoms with Crippen LogP contribution in [0.15, 0.2) is 30.5 Å². The SMILES string of the molecule is C[n+]1ccc2c(C(F)(F)F)cccc2c1I. The molecule has 1 aromatic carbocycles. The first-order chi connectivity index (χ1) is 7.41. The van der Waals surface area contributed by atoms with Crippen molar-refractivity contribution in [2.24, 2.45) is 7.05 Å². The first kappa shape index (κ1) is 11.6. The molecule has 5 heteroatoms. The zero-order valence-corrected chi connectivity index (χ0v) is 10.5. The van der Waals surface area contributed by atoms with E-state index in [1.807, 2.05) is 29.6 Å². The number of rotatable bonds is 0. The first-order valence-corrected chi connectivity index (χ1v) is 5.63. The van der Waals surface area contributed by atoms with Crippen molar-refractivity contribution in [3.05, 3.63) is 39.7 Å². The molecule has 0 spiro atoms. The molecule has 0 aliphatic carbocycles. The Labute approximate surface area is 104 Å². The Morgan fingerprint density at radius 2 is 1.81 bits per heavy atom. The average Bonchev–Trinajstić information content (AvgIpc) is 2.21. The quantitative estimate of drug-likeness (QED) is 0.394. The van der Waals surface area contributed by atoms with Gasteiger partial charge in [0.2, 0.25) is 3.70 Å². The van der Waals surface area contributed by atoms with Crippen LogP contribution in [-0.4, -0.2) is 0 Å². The van der Waals surface area contributed by atoms with Gasteiger partial charge in [0.05, 0.1) is 10.9 Å². The molecule has 0 saturated carbocycles. The second-order valence-electron chi connectivity index (χ2n) is 3.48. The summed E-state index contributed by atoms with van der Waals surface area (Å²) in [6, 6.07) is 5.75. The average molecular weight is 338 g/mol. The number of benzene rings is 1. The van der Waals surface area contributed by atoms with Gasteiger partial charge in [0.15, 0.2) is 6.20 Å². The van der Waals surface area contributed by atoms with Crippen molar-refractivity contribution in [2.45, 2.75) is 6.18 Å². The lowest BCUT2D eigenvalue weighted by Crippen LogP contribution is -2.31. The lowest BCUT2D eigenvalue weighted by Gasteiger charge is -2.09. The molecule has 1 heterocycles. The number of aromatic nitrogens is 1. The fourth-order valence-electron chi connectivity index (χ4n) is 1.61. The van der Waals surface area contributed by atoms with Crippen LogP contribution in [0.5, 0.6) is 0 Å². The van der Waals surface area contributed by atoms with E-state index < -0.39 is 11.7 Å². The molecule has 0 fully saturated rings. The number of alkyl halides is 3. The summed E-state index contributed by atoms with van der Waals surface area (Å²) < 4.78 is 40.8. The summed E-state index contributed by atoms with van der Waals surface area (Å²) in [5, 5.41) is 0.873. The fraction of sp³-hybridized carbons (Fsp3) is 0.182. The van der Waals surface area contributed by atoms with Gasteiger partial charge in [-0.25, -0.2) is 0 Å². The van der Waals surface area contributed by atoms with Crippen molar-refractivity contribution in [2.75, 3.05) is 0 Å². The zero-order chi connectivity index (χ0) is 11.9. The van der Waals surface area contributed by atoms with Crippen LogP contribution in [0.4, 0.5) is 13.2 Å². The molecule has 84 valence electrons. The molecular formula is C11H8F3IN+. The minimum Gasteiger partial charge on any atom is -0.196 e. The van der Waals surface area contributed by atoms with Gasteiger partial charge >= 0.3 is 6.18 Å². The number of aryl methyl sites for hydroxylation is 1. The van der Waals surface area contributed by atoms with Gasteiger partial charge in [0.1, 0.15) is 7.05 Å². The maximum atomic E-state index is 12.7. The third-order valence-electron chi connectivity index (χ3n) is 2.41. The van der Waals surface area contributed by atoms with Gasteiger partial charge < -0.3 is 0 Å². The molecule has 0 radical (unpaired) electrons. The van der Waals surface area contributed by atoms with Gasteiger partial charge in [0.25, 0.3) is 0 Å². The van der Waals surface area contributed by atoms with Crippen molar-refractivity contribution >= 4 is 33.4 Å². The molecule has 0 atom stereocenters. The molecule has 0 bridgehead atoms. The molecule has 1 nitrogen and oxygen atoms in total. The Hall–Kier alpha value is -0.850. The van der Waals surface area contributed by atoms with Crippen LogP contribution < -0.4 is 4.57 Å². The largest absolute Gasteiger partial charge is 0.417 e. The molecule has 0 N–H and O–H groups in total. The van der Waals surface area contributed by atoms with Crippen LogP contribution in [0.25, 0.3) is 10.8 Å². The number of fused-ring (bicyclic) bond motifs is 1. The molecule has 0 aliphatic rings. The number of hydrogen-bond donors (Lipinski definition) is 0. The van der Waals surface area contributed by atoms with E-state index in [9.17, 15) is 13.2 Å². The molecule has 0 amide bonds. The molecule has 0 unspecified atom stereocenters. The fourth-order valence-corrected chi connectivity index (χ4v) is 2.24. The minimum absolute atomic E-state index is 0.248. The minimum atomic E-state index is -4.30. The Morgan fingerprint density at radius 1 is 1.12 bits per heavy atom. The van der Waals surface area contributed by atoms with Gasteiger partial charge in [-0.1, -0.05) is 6.07 Å². The Bertz CT molecular complexity index is 549. The lowest BCUT2D eigenvalue weighted by atomic mass is 10.1. The predicted octanol–water partition coefficient (Wildman–Crippen LogP) is 3.29. The van der Waals surface area contributed by atoms with Crippen molar-refractivity contribution in [3.63, 3.8) is 0 Å². The Morgan fingerprint density at radius 3 is 2.44 bits per heavy atom. The highest BCUT2D eigenvalue weighted by atomic mass is 127. The second kappa shape index (κ2) is 3.87. The van der Waals surface area contributed by atoms with Crippen LogP contribution in [0, 0.1) is 3.70 Å². The molecule has 2 rings (SSSR count). The molecule has 16 heavy (non-hydrogen) atoms. The van der Waals surface area contributed by atoms with E-state index in [0.717, 1.165) is 9.77 Å². The summed E-state index contributed by atoms with van der Waals surface area (Å²) in [5.74, 6) is 0. The molecule has 1 aromatic heterocycles. The maximum absolute atomic E-state index is 12.7. The summed E-state index contributed by atoms with van der Waals surface area (Å²) in [7, 11) is 1.81. The second-order valence-corrected chi connectivity index (χ2v) is 4.50. The molecule has 0 saturated heterocycles. The smallest absolute Gasteiger partial charge is 0.196 e. The summed E-state index contributed by atoms with van der Waals surface area (Å²) in [6.07, 6.45) is -2.66. The first-order valence-electron chi connectivity index (χ1n) is 4.55. The third-order valence-corrected chi connectivity index (χ3v) is 3.75. The van der Waals surface area contributed by atoms with Crippen LogP contribution in [0.3, 0.4) is 0 Å². The highest BCUT2D eigenvalue weighted by Gasteiger charge is 2.33. The monoisotopic (exact) mass is 338 g/mol. The van der Waals surface area contributed by atoms with Crippen LogP contribution in [0.2, 0.25) is 0 Å². The molecule has 2 aromatic rings. The van der Waals surface area contributed by atoms with E-state index in [0.29, 0.717) is 5.39 Å². The van der Waals surface area contributed by atoms with Crippen molar-refractivity contribution in [3.8, 4) is 0 Å². The van der Waals surface area contributed by atoms with Gasteiger partial charge in [-0.3, -0.25) is 0 Å². The van der Waals surface area contributed by atoms with Crippen LogP contribution >= 0.6 is 22.6 Å². The third kappa shape index (κ3) is 1.88. The van der Waals surface area contributed by atoms with Crippen molar-refractivity contribution in [1.29, 1.82) is 0 Å². The number of nitrogens with zero attached hydrogens (tertiary/aromatic N) is 1. The summed E-state index contributed by atoms with van der Waals surface area (Å²) in [5.41, 5.74) is -0.580. The van der Waals surface area contributed by atoms with Crippen LogP contribution in [-0.2, 0) is 13.2 Å². The normalized spacial score (nSPS) is 12.1. The predicted molar refractivity (Wildman–Crippen MR) is 62.8 cm³/mol. The van der Waals surface area contributed by atoms with Gasteiger partial charge in [0, 0.05) is 34.0 Å². The maximum Gasteiger partial charge on any atom is 0.417 e. The number of pyridine rings is 1. The van der Waals surface area contributed by atoms with E-state index in [1.54, 1.807) is 16.8 Å². The summed E-state index contributed by atoms with van der Waals surface area (Å²) >= 11 is 2.04. The summed E-state index contributed by atoms with van der Waals surface area (Å²) in [4.78, 5) is 0. The summed E-state index contributed by atoms with van der Waals surface area (Å²) in [6.45, 7) is 0. The molecular weight excluding hydrogens is 330 g/mol. The standard InChI is InChI=1S/C11H8F3IN/c1-16-6-5-7-8(10(16)15)3-2-4-9(7)11(12,13)14/h2-6H,1H3/q+1. The van der Waals surface area contributed by atoms with E-state index in [4.69, 9.17) is 0 Å². The van der Waals surface area contributed by atoms with Gasteiger partial charge in [-0.2, -0.15) is 17.7 Å². The zero-order valence-electron chi connectivity index (χ0n) is 8.35. The van der Waals surface area contributed by atoms with Crippen LogP contribution in [0.1, 0.15) is 5.56 Å². The van der Waals surface area contributed by atoms with E-state index in [1.165, 1.54) is 12.1 Å². The highest BCUT2D eigenvalue weighted by molar-refractivity contribution is 14.1. The number of halogens is 4. The lowest BCUT2D eigenvalue weighted by molar-refractivity contribution is -0.682. The van der Waals surface area contributed by atoms with Crippen molar-refractivity contribution in [1.82, 2.24) is 0 Å². The van der Waals surface area contributed by atoms with E-state index >= 15 is 0 Å². The van der Waals surface area contributed by atoms with E-state index in [-0.39, 0.29) is 5.39 Å². The molecule has 0 aliphatic heterocycles. The van der Waals surface area contributed by atoms with Gasteiger partial charge in [-0.15, -0.1) is 0 Å². The Kier molecular flexibility index (Phi) is 2.81. The Balaban J connectivity index is 2.85. The van der Waals surface area contributed by atoms with Gasteiger partial charge in [-0.05, 0) is 12.1 Å².